The number of ether oxygens (including phenoxy) is 1. The molecule has 86 valence electrons. The molecule has 1 N–H and O–H groups in total. The van der Waals surface area contributed by atoms with Gasteiger partial charge in [-0.05, 0) is 38.0 Å². The van der Waals surface area contributed by atoms with Crippen molar-refractivity contribution in [3.05, 3.63) is 23.8 Å². The molecule has 1 aliphatic rings. The van der Waals surface area contributed by atoms with Crippen LogP contribution in [-0.2, 0) is 11.2 Å². The molecule has 1 aromatic rings. The van der Waals surface area contributed by atoms with E-state index >= 15 is 0 Å². The summed E-state index contributed by atoms with van der Waals surface area (Å²) in [6.07, 6.45) is 2.12. The highest BCUT2D eigenvalue weighted by atomic mass is 16.5. The highest BCUT2D eigenvalue weighted by molar-refractivity contribution is 6.00. The molecule has 0 aromatic heterocycles. The van der Waals surface area contributed by atoms with Gasteiger partial charge in [-0.1, -0.05) is 19.4 Å². The number of carbonyl (C=O) groups is 1. The minimum absolute atomic E-state index is 0.0892. The second-order valence-electron chi connectivity index (χ2n) is 4.65. The summed E-state index contributed by atoms with van der Waals surface area (Å²) < 4.78 is 5.65. The van der Waals surface area contributed by atoms with Crippen LogP contribution in [0, 0.1) is 0 Å². The Morgan fingerprint density at radius 3 is 2.81 bits per heavy atom. The van der Waals surface area contributed by atoms with Crippen molar-refractivity contribution in [3.8, 4) is 5.75 Å². The summed E-state index contributed by atoms with van der Waals surface area (Å²) in [7, 11) is 0. The third-order valence-corrected chi connectivity index (χ3v) is 2.74. The summed E-state index contributed by atoms with van der Waals surface area (Å²) in [4.78, 5) is 11.7. The van der Waals surface area contributed by atoms with Crippen molar-refractivity contribution in [1.82, 2.24) is 0 Å². The molecule has 0 fully saturated rings. The van der Waals surface area contributed by atoms with E-state index in [-0.39, 0.29) is 5.91 Å². The van der Waals surface area contributed by atoms with Crippen LogP contribution in [-0.4, -0.2) is 11.5 Å². The van der Waals surface area contributed by atoms with Crippen LogP contribution >= 0.6 is 0 Å². The van der Waals surface area contributed by atoms with Crippen molar-refractivity contribution in [2.75, 3.05) is 5.32 Å². The topological polar surface area (TPSA) is 38.3 Å². The van der Waals surface area contributed by atoms with Crippen molar-refractivity contribution >= 4 is 11.6 Å². The maximum Gasteiger partial charge on any atom is 0.268 e. The van der Waals surface area contributed by atoms with Crippen molar-refractivity contribution in [2.24, 2.45) is 0 Å². The van der Waals surface area contributed by atoms with Crippen molar-refractivity contribution in [3.63, 3.8) is 0 Å². The van der Waals surface area contributed by atoms with Gasteiger partial charge in [0, 0.05) is 0 Å². The van der Waals surface area contributed by atoms with Gasteiger partial charge in [0.15, 0.2) is 5.60 Å². The number of fused-ring (bicyclic) bond motifs is 1. The van der Waals surface area contributed by atoms with Crippen molar-refractivity contribution in [1.29, 1.82) is 0 Å². The molecule has 0 radical (unpaired) electrons. The summed E-state index contributed by atoms with van der Waals surface area (Å²) in [6.45, 7) is 5.67. The number of rotatable bonds is 2. The molecule has 0 saturated carbocycles. The fourth-order valence-corrected chi connectivity index (χ4v) is 1.80. The molecule has 0 spiro atoms. The maximum absolute atomic E-state index is 11.7. The van der Waals surface area contributed by atoms with Crippen molar-refractivity contribution < 1.29 is 9.53 Å². The maximum atomic E-state index is 11.7. The number of hydrogen-bond acceptors (Lipinski definition) is 2. The minimum atomic E-state index is -0.778. The monoisotopic (exact) mass is 219 g/mol. The highest BCUT2D eigenvalue weighted by Crippen LogP contribution is 2.34. The van der Waals surface area contributed by atoms with Crippen LogP contribution in [0.15, 0.2) is 18.2 Å². The molecule has 0 bridgehead atoms. The van der Waals surface area contributed by atoms with E-state index in [1.165, 1.54) is 5.56 Å². The number of carbonyl (C=O) groups excluding carboxylic acids is 1. The van der Waals surface area contributed by atoms with Gasteiger partial charge in [-0.15, -0.1) is 0 Å². The van der Waals surface area contributed by atoms with Crippen LogP contribution in [0.3, 0.4) is 0 Å². The number of hydrogen-bond donors (Lipinski definition) is 1. The Balaban J connectivity index is 2.33. The average Bonchev–Trinajstić information content (AvgIpc) is 2.20. The van der Waals surface area contributed by atoms with Crippen LogP contribution in [0.25, 0.3) is 0 Å². The second-order valence-corrected chi connectivity index (χ2v) is 4.65. The highest BCUT2D eigenvalue weighted by Gasteiger charge is 2.35. The molecule has 0 saturated heterocycles. The number of anilines is 1. The van der Waals surface area contributed by atoms with Gasteiger partial charge in [0.1, 0.15) is 5.75 Å². The zero-order chi connectivity index (χ0) is 11.8. The molecule has 1 aromatic carbocycles. The lowest BCUT2D eigenvalue weighted by Gasteiger charge is -2.31. The van der Waals surface area contributed by atoms with Gasteiger partial charge in [0.2, 0.25) is 0 Å². The van der Waals surface area contributed by atoms with Gasteiger partial charge < -0.3 is 10.1 Å². The zero-order valence-electron chi connectivity index (χ0n) is 9.96. The summed E-state index contributed by atoms with van der Waals surface area (Å²) >= 11 is 0. The van der Waals surface area contributed by atoms with E-state index in [0.717, 1.165) is 24.3 Å². The Morgan fingerprint density at radius 2 is 2.12 bits per heavy atom. The first kappa shape index (κ1) is 11.0. The molecule has 3 heteroatoms. The quantitative estimate of drug-likeness (QED) is 0.830. The largest absolute Gasteiger partial charge is 0.476 e. The first-order chi connectivity index (χ1) is 7.53. The fourth-order valence-electron chi connectivity index (χ4n) is 1.80. The number of benzene rings is 1. The van der Waals surface area contributed by atoms with Crippen LogP contribution in [0.4, 0.5) is 5.69 Å². The lowest BCUT2D eigenvalue weighted by molar-refractivity contribution is -0.129. The normalized spacial score (nSPS) is 17.3. The van der Waals surface area contributed by atoms with Gasteiger partial charge in [0.25, 0.3) is 5.91 Å². The minimum Gasteiger partial charge on any atom is -0.476 e. The van der Waals surface area contributed by atoms with Gasteiger partial charge in [0.05, 0.1) is 5.69 Å². The zero-order valence-corrected chi connectivity index (χ0v) is 9.96. The average molecular weight is 219 g/mol. The van der Waals surface area contributed by atoms with Crippen molar-refractivity contribution in [2.45, 2.75) is 39.2 Å². The first-order valence-electron chi connectivity index (χ1n) is 5.66. The summed E-state index contributed by atoms with van der Waals surface area (Å²) in [5.41, 5.74) is 1.24. The number of aryl methyl sites for hydroxylation is 1. The molecular formula is C13H17NO2. The van der Waals surface area contributed by atoms with E-state index in [0.29, 0.717) is 0 Å². The Bertz CT molecular complexity index is 424. The molecule has 3 nitrogen and oxygen atoms in total. The van der Waals surface area contributed by atoms with Gasteiger partial charge in [-0.3, -0.25) is 4.79 Å². The molecule has 2 rings (SSSR count). The van der Waals surface area contributed by atoms with E-state index in [2.05, 4.69) is 18.3 Å². The number of nitrogens with one attached hydrogen (secondary N) is 1. The molecule has 0 unspecified atom stereocenters. The van der Waals surface area contributed by atoms with E-state index in [1.807, 2.05) is 12.1 Å². The van der Waals surface area contributed by atoms with Gasteiger partial charge in [-0.25, -0.2) is 0 Å². The van der Waals surface area contributed by atoms with E-state index in [4.69, 9.17) is 4.74 Å². The SMILES string of the molecule is CCCc1ccc2c(c1)NC(=O)C(C)(C)O2. The Hall–Kier alpha value is -1.51. The number of amides is 1. The van der Waals surface area contributed by atoms with E-state index in [1.54, 1.807) is 13.8 Å². The van der Waals surface area contributed by atoms with Gasteiger partial charge in [-0.2, -0.15) is 0 Å². The predicted octanol–water partition coefficient (Wildman–Crippen LogP) is 2.75. The smallest absolute Gasteiger partial charge is 0.268 e. The Labute approximate surface area is 95.8 Å². The van der Waals surface area contributed by atoms with Crippen LogP contribution < -0.4 is 10.1 Å². The third-order valence-electron chi connectivity index (χ3n) is 2.74. The predicted molar refractivity (Wildman–Crippen MR) is 63.8 cm³/mol. The van der Waals surface area contributed by atoms with Crippen LogP contribution in [0.2, 0.25) is 0 Å². The first-order valence-corrected chi connectivity index (χ1v) is 5.66. The summed E-state index contributed by atoms with van der Waals surface area (Å²) in [6, 6.07) is 5.98. The third kappa shape index (κ3) is 1.90. The molecule has 0 aliphatic carbocycles. The fraction of sp³-hybridized carbons (Fsp3) is 0.462. The second kappa shape index (κ2) is 3.81. The summed E-state index contributed by atoms with van der Waals surface area (Å²) in [5, 5.41) is 2.89. The molecule has 1 aliphatic heterocycles. The summed E-state index contributed by atoms with van der Waals surface area (Å²) in [5.74, 6) is 0.665. The van der Waals surface area contributed by atoms with E-state index < -0.39 is 5.60 Å². The lowest BCUT2D eigenvalue weighted by atomic mass is 10.0. The van der Waals surface area contributed by atoms with Gasteiger partial charge >= 0.3 is 0 Å². The molecule has 16 heavy (non-hydrogen) atoms. The molecule has 1 heterocycles. The Kier molecular flexibility index (Phi) is 2.62. The van der Waals surface area contributed by atoms with Crippen LogP contribution in [0.5, 0.6) is 5.75 Å². The van der Waals surface area contributed by atoms with Crippen LogP contribution in [0.1, 0.15) is 32.8 Å². The van der Waals surface area contributed by atoms with E-state index in [9.17, 15) is 4.79 Å². The standard InChI is InChI=1S/C13H17NO2/c1-4-5-9-6-7-11-10(8-9)14-12(15)13(2,3)16-11/h6-8H,4-5H2,1-3H3,(H,14,15). The molecule has 0 atom stereocenters. The lowest BCUT2D eigenvalue weighted by Crippen LogP contribution is -2.45. The molecular weight excluding hydrogens is 202 g/mol. The Morgan fingerprint density at radius 1 is 1.38 bits per heavy atom. The molecule has 1 amide bonds.